The Morgan fingerprint density at radius 3 is 3.11 bits per heavy atom. The highest BCUT2D eigenvalue weighted by atomic mass is 32.1. The van der Waals surface area contributed by atoms with Crippen molar-refractivity contribution in [2.24, 2.45) is 5.92 Å². The largest absolute Gasteiger partial charge is 0.478 e. The first-order valence-electron chi connectivity index (χ1n) is 6.85. The monoisotopic (exact) mass is 279 g/mol. The van der Waals surface area contributed by atoms with Crippen LogP contribution in [0.15, 0.2) is 18.2 Å². The fourth-order valence-electron chi connectivity index (χ4n) is 2.42. The van der Waals surface area contributed by atoms with Crippen molar-refractivity contribution in [3.63, 3.8) is 0 Å². The molecule has 1 aliphatic rings. The van der Waals surface area contributed by atoms with Crippen molar-refractivity contribution in [3.05, 3.63) is 28.0 Å². The smallest absolute Gasteiger partial charge is 0.328 e. The number of nitrogens with zero attached hydrogens (tertiary/aromatic N) is 1. The van der Waals surface area contributed by atoms with Crippen LogP contribution in [0.5, 0.6) is 0 Å². The van der Waals surface area contributed by atoms with Crippen LogP contribution < -0.4 is 0 Å². The summed E-state index contributed by atoms with van der Waals surface area (Å²) >= 11 is 1.68. The summed E-state index contributed by atoms with van der Waals surface area (Å²) in [7, 11) is 0. The van der Waals surface area contributed by atoms with E-state index in [9.17, 15) is 4.79 Å². The second-order valence-electron chi connectivity index (χ2n) is 5.29. The summed E-state index contributed by atoms with van der Waals surface area (Å²) < 4.78 is 0. The highest BCUT2D eigenvalue weighted by Crippen LogP contribution is 2.22. The lowest BCUT2D eigenvalue weighted by Gasteiger charge is -2.18. The van der Waals surface area contributed by atoms with E-state index in [-0.39, 0.29) is 0 Å². The van der Waals surface area contributed by atoms with Crippen LogP contribution in [0.2, 0.25) is 0 Å². The van der Waals surface area contributed by atoms with Gasteiger partial charge in [0.15, 0.2) is 0 Å². The lowest BCUT2D eigenvalue weighted by atomic mass is 10.0. The molecule has 19 heavy (non-hydrogen) atoms. The standard InChI is InChI=1S/C15H21NO2S/c1-12-3-2-9-16(10-8-12)11-14-5-4-13(19-14)6-7-15(17)18/h4-7,12H,2-3,8-11H2,1H3,(H,17,18)/b7-6+. The maximum Gasteiger partial charge on any atom is 0.328 e. The highest BCUT2D eigenvalue weighted by molar-refractivity contribution is 7.12. The Morgan fingerprint density at radius 2 is 2.32 bits per heavy atom. The van der Waals surface area contributed by atoms with Gasteiger partial charge >= 0.3 is 5.97 Å². The SMILES string of the molecule is CC1CCCN(Cc2ccc(/C=C/C(=O)O)s2)CC1. The quantitative estimate of drug-likeness (QED) is 0.858. The third kappa shape index (κ3) is 4.80. The molecule has 2 rings (SSSR count). The highest BCUT2D eigenvalue weighted by Gasteiger charge is 2.14. The van der Waals surface area contributed by atoms with Crippen LogP contribution in [0, 0.1) is 5.92 Å². The van der Waals surface area contributed by atoms with E-state index in [0.717, 1.165) is 17.3 Å². The lowest BCUT2D eigenvalue weighted by molar-refractivity contribution is -0.131. The van der Waals surface area contributed by atoms with Crippen LogP contribution in [0.3, 0.4) is 0 Å². The Bertz CT molecular complexity index is 453. The van der Waals surface area contributed by atoms with Crippen LogP contribution >= 0.6 is 11.3 Å². The second kappa shape index (κ2) is 6.87. The minimum absolute atomic E-state index is 0.849. The number of hydrogen-bond acceptors (Lipinski definition) is 3. The molecule has 1 aromatic rings. The molecule has 1 unspecified atom stereocenters. The van der Waals surface area contributed by atoms with Gasteiger partial charge in [0.05, 0.1) is 0 Å². The van der Waals surface area contributed by atoms with Gasteiger partial charge in [0.2, 0.25) is 0 Å². The summed E-state index contributed by atoms with van der Waals surface area (Å²) in [6.07, 6.45) is 6.78. The molecule has 1 N–H and O–H groups in total. The Hall–Kier alpha value is -1.13. The van der Waals surface area contributed by atoms with Gasteiger partial charge in [-0.1, -0.05) is 6.92 Å². The van der Waals surface area contributed by atoms with Crippen molar-refractivity contribution in [1.82, 2.24) is 4.90 Å². The maximum atomic E-state index is 10.5. The Kier molecular flexibility index (Phi) is 5.16. The minimum atomic E-state index is -0.892. The molecule has 0 radical (unpaired) electrons. The van der Waals surface area contributed by atoms with Crippen molar-refractivity contribution >= 4 is 23.4 Å². The third-order valence-corrected chi connectivity index (χ3v) is 4.60. The zero-order valence-corrected chi connectivity index (χ0v) is 12.2. The predicted octanol–water partition coefficient (Wildman–Crippen LogP) is 3.47. The Morgan fingerprint density at radius 1 is 1.47 bits per heavy atom. The Labute approximate surface area is 118 Å². The van der Waals surface area contributed by atoms with Gasteiger partial charge < -0.3 is 5.11 Å². The van der Waals surface area contributed by atoms with Crippen molar-refractivity contribution in [2.75, 3.05) is 13.1 Å². The number of carboxylic acids is 1. The fourth-order valence-corrected chi connectivity index (χ4v) is 3.38. The van der Waals surface area contributed by atoms with E-state index in [1.54, 1.807) is 17.4 Å². The van der Waals surface area contributed by atoms with Gasteiger partial charge in [0, 0.05) is 22.4 Å². The van der Waals surface area contributed by atoms with Crippen LogP contribution in [0.1, 0.15) is 35.9 Å². The molecule has 3 nitrogen and oxygen atoms in total. The number of rotatable bonds is 4. The van der Waals surface area contributed by atoms with Gasteiger partial charge in [0.1, 0.15) is 0 Å². The molecule has 1 saturated heterocycles. The van der Waals surface area contributed by atoms with Gasteiger partial charge in [-0.3, -0.25) is 4.90 Å². The molecule has 0 amide bonds. The number of likely N-dealkylation sites (tertiary alicyclic amines) is 1. The normalized spacial score (nSPS) is 21.6. The first kappa shape index (κ1) is 14.3. The zero-order chi connectivity index (χ0) is 13.7. The summed E-state index contributed by atoms with van der Waals surface area (Å²) in [5, 5.41) is 8.61. The van der Waals surface area contributed by atoms with Crippen molar-refractivity contribution in [1.29, 1.82) is 0 Å². The summed E-state index contributed by atoms with van der Waals surface area (Å²) in [6, 6.07) is 4.11. The first-order valence-corrected chi connectivity index (χ1v) is 7.67. The molecular weight excluding hydrogens is 258 g/mol. The summed E-state index contributed by atoms with van der Waals surface area (Å²) in [6.45, 7) is 5.70. The van der Waals surface area contributed by atoms with Gasteiger partial charge in [-0.2, -0.15) is 0 Å². The van der Waals surface area contributed by atoms with Crippen LogP contribution in [0.4, 0.5) is 0 Å². The first-order chi connectivity index (χ1) is 9.13. The second-order valence-corrected chi connectivity index (χ2v) is 6.49. The molecule has 4 heteroatoms. The Balaban J connectivity index is 1.90. The van der Waals surface area contributed by atoms with Gasteiger partial charge in [-0.15, -0.1) is 11.3 Å². The molecule has 0 spiro atoms. The van der Waals surface area contributed by atoms with E-state index in [0.29, 0.717) is 0 Å². The number of thiophene rings is 1. The van der Waals surface area contributed by atoms with E-state index in [1.165, 1.54) is 43.3 Å². The van der Waals surface area contributed by atoms with E-state index < -0.39 is 5.97 Å². The molecule has 0 aromatic carbocycles. The van der Waals surface area contributed by atoms with Crippen LogP contribution in [-0.2, 0) is 11.3 Å². The number of hydrogen-bond donors (Lipinski definition) is 1. The van der Waals surface area contributed by atoms with Gasteiger partial charge in [-0.05, 0) is 56.5 Å². The molecule has 1 aliphatic heterocycles. The molecule has 0 aliphatic carbocycles. The van der Waals surface area contributed by atoms with E-state index >= 15 is 0 Å². The number of carboxylic acid groups (broad SMARTS) is 1. The average Bonchev–Trinajstić information content (AvgIpc) is 2.71. The van der Waals surface area contributed by atoms with Crippen molar-refractivity contribution < 1.29 is 9.90 Å². The third-order valence-electron chi connectivity index (χ3n) is 3.56. The van der Waals surface area contributed by atoms with Gasteiger partial charge in [-0.25, -0.2) is 4.79 Å². The van der Waals surface area contributed by atoms with E-state index in [1.807, 2.05) is 6.07 Å². The molecule has 0 saturated carbocycles. The topological polar surface area (TPSA) is 40.5 Å². The number of carbonyl (C=O) groups is 1. The van der Waals surface area contributed by atoms with Crippen LogP contribution in [-0.4, -0.2) is 29.1 Å². The molecule has 1 aromatic heterocycles. The summed E-state index contributed by atoms with van der Waals surface area (Å²) in [4.78, 5) is 15.3. The lowest BCUT2D eigenvalue weighted by Crippen LogP contribution is -2.23. The molecule has 0 bridgehead atoms. The average molecular weight is 279 g/mol. The van der Waals surface area contributed by atoms with Crippen molar-refractivity contribution in [3.8, 4) is 0 Å². The maximum absolute atomic E-state index is 10.5. The molecule has 104 valence electrons. The molecule has 1 fully saturated rings. The van der Waals surface area contributed by atoms with Gasteiger partial charge in [0.25, 0.3) is 0 Å². The minimum Gasteiger partial charge on any atom is -0.478 e. The molecule has 1 atom stereocenters. The summed E-state index contributed by atoms with van der Waals surface area (Å²) in [5.74, 6) is -0.0427. The predicted molar refractivity (Wildman–Crippen MR) is 79.3 cm³/mol. The molecule has 2 heterocycles. The number of aliphatic carboxylic acids is 1. The fraction of sp³-hybridized carbons (Fsp3) is 0.533. The molecular formula is C15H21NO2S. The van der Waals surface area contributed by atoms with E-state index in [2.05, 4.69) is 17.9 Å². The van der Waals surface area contributed by atoms with E-state index in [4.69, 9.17) is 5.11 Å². The van der Waals surface area contributed by atoms with Crippen LogP contribution in [0.25, 0.3) is 6.08 Å². The summed E-state index contributed by atoms with van der Waals surface area (Å²) in [5.41, 5.74) is 0. The zero-order valence-electron chi connectivity index (χ0n) is 11.3. The van der Waals surface area contributed by atoms with Crippen molar-refractivity contribution in [2.45, 2.75) is 32.7 Å².